The Morgan fingerprint density at radius 2 is 2.06 bits per heavy atom. The van der Waals surface area contributed by atoms with Gasteiger partial charge < -0.3 is 15.1 Å². The van der Waals surface area contributed by atoms with Gasteiger partial charge in [-0.1, -0.05) is 0 Å². The summed E-state index contributed by atoms with van der Waals surface area (Å²) in [6.45, 7) is 3.68. The summed E-state index contributed by atoms with van der Waals surface area (Å²) in [5.41, 5.74) is 6.54. The molecule has 0 aliphatic rings. The van der Waals surface area contributed by atoms with Crippen LogP contribution in [0.5, 0.6) is 0 Å². The summed E-state index contributed by atoms with van der Waals surface area (Å²) in [5, 5.41) is 0. The van der Waals surface area contributed by atoms with Crippen LogP contribution in [-0.4, -0.2) is 19.9 Å². The summed E-state index contributed by atoms with van der Waals surface area (Å²) in [5.74, 6) is 2.11. The molecule has 0 aliphatic heterocycles. The molecule has 0 fully saturated rings. The Bertz CT molecular complexity index is 795. The number of nitrogen functional groups attached to an aromatic ring is 1. The van der Waals surface area contributed by atoms with Crippen LogP contribution in [0.25, 0.3) is 22.6 Å². The molecule has 7 nitrogen and oxygen atoms in total. The van der Waals surface area contributed by atoms with Crippen LogP contribution in [0.4, 0.5) is 5.95 Å². The average molecular weight is 245 g/mol. The van der Waals surface area contributed by atoms with Gasteiger partial charge in [0.05, 0.1) is 5.56 Å². The highest BCUT2D eigenvalue weighted by molar-refractivity contribution is 5.76. The van der Waals surface area contributed by atoms with Gasteiger partial charge in [-0.25, -0.2) is 4.98 Å². The fraction of sp³-hybridized carbons (Fsp3) is 0.182. The fourth-order valence-electron chi connectivity index (χ4n) is 1.92. The number of fused-ring (bicyclic) bond motifs is 1. The van der Waals surface area contributed by atoms with Gasteiger partial charge in [0, 0.05) is 0 Å². The topological polar surface area (TPSA) is 114 Å². The quantitative estimate of drug-likeness (QED) is 0.594. The number of aromatic amines is 2. The lowest BCUT2D eigenvalue weighted by Crippen LogP contribution is -2.10. The van der Waals surface area contributed by atoms with Crippen molar-refractivity contribution in [2.75, 3.05) is 5.73 Å². The molecule has 3 aromatic rings. The van der Waals surface area contributed by atoms with Crippen molar-refractivity contribution < 1.29 is 4.42 Å². The third kappa shape index (κ3) is 1.48. The molecule has 0 radical (unpaired) electrons. The van der Waals surface area contributed by atoms with E-state index in [9.17, 15) is 4.79 Å². The summed E-state index contributed by atoms with van der Waals surface area (Å²) in [7, 11) is 0. The first-order valence-corrected chi connectivity index (χ1v) is 5.37. The minimum atomic E-state index is -0.339. The van der Waals surface area contributed by atoms with Crippen LogP contribution in [-0.2, 0) is 0 Å². The molecule has 4 N–H and O–H groups in total. The van der Waals surface area contributed by atoms with Crippen molar-refractivity contribution in [1.29, 1.82) is 0 Å². The number of hydrogen-bond donors (Lipinski definition) is 3. The molecule has 0 atom stereocenters. The van der Waals surface area contributed by atoms with E-state index in [1.807, 2.05) is 19.9 Å². The van der Waals surface area contributed by atoms with E-state index in [4.69, 9.17) is 10.2 Å². The van der Waals surface area contributed by atoms with Gasteiger partial charge in [-0.15, -0.1) is 0 Å². The molecule has 3 rings (SSSR count). The van der Waals surface area contributed by atoms with Gasteiger partial charge in [-0.2, -0.15) is 4.98 Å². The highest BCUT2D eigenvalue weighted by Gasteiger charge is 2.14. The molecule has 3 heterocycles. The Kier molecular flexibility index (Phi) is 2.03. The number of aryl methyl sites for hydroxylation is 2. The van der Waals surface area contributed by atoms with Gasteiger partial charge in [0.2, 0.25) is 5.95 Å². The number of furan rings is 1. The number of hydrogen-bond acceptors (Lipinski definition) is 5. The van der Waals surface area contributed by atoms with Crippen LogP contribution in [0.1, 0.15) is 11.5 Å². The standard InChI is InChI=1S/C11H11N5O2/c1-4-3-6(5(2)18-4)8-13-7-9(14-8)15-11(12)16-10(7)17/h3H,1-2H3,(H4,12,13,14,15,16,17). The van der Waals surface area contributed by atoms with Crippen LogP contribution in [0, 0.1) is 13.8 Å². The van der Waals surface area contributed by atoms with Crippen molar-refractivity contribution >= 4 is 17.1 Å². The third-order valence-corrected chi connectivity index (χ3v) is 2.68. The summed E-state index contributed by atoms with van der Waals surface area (Å²) < 4.78 is 5.43. The van der Waals surface area contributed by atoms with Crippen LogP contribution in [0.15, 0.2) is 15.3 Å². The maximum absolute atomic E-state index is 11.7. The molecule has 0 aliphatic carbocycles. The van der Waals surface area contributed by atoms with Crippen LogP contribution in [0.2, 0.25) is 0 Å². The SMILES string of the molecule is Cc1cc(-c2nc3nc(N)[nH]c(=O)c3[nH]2)c(C)o1. The Balaban J connectivity index is 2.29. The second-order valence-corrected chi connectivity index (χ2v) is 4.06. The molecule has 3 aromatic heterocycles. The first-order valence-electron chi connectivity index (χ1n) is 5.37. The lowest BCUT2D eigenvalue weighted by molar-refractivity contribution is 0.505. The van der Waals surface area contributed by atoms with E-state index in [0.717, 1.165) is 17.1 Å². The predicted molar refractivity (Wildman–Crippen MR) is 66.1 cm³/mol. The van der Waals surface area contributed by atoms with E-state index in [1.54, 1.807) is 0 Å². The first-order chi connectivity index (χ1) is 8.54. The largest absolute Gasteiger partial charge is 0.466 e. The fourth-order valence-corrected chi connectivity index (χ4v) is 1.92. The summed E-state index contributed by atoms with van der Waals surface area (Å²) in [6, 6.07) is 1.85. The third-order valence-electron chi connectivity index (χ3n) is 2.68. The van der Waals surface area contributed by atoms with E-state index in [-0.39, 0.29) is 11.5 Å². The summed E-state index contributed by atoms with van der Waals surface area (Å²) >= 11 is 0. The Labute approximate surface area is 101 Å². The Hall–Kier alpha value is -2.57. The number of nitrogens with two attached hydrogens (primary N) is 1. The minimum Gasteiger partial charge on any atom is -0.466 e. The zero-order valence-electron chi connectivity index (χ0n) is 9.87. The van der Waals surface area contributed by atoms with Crippen molar-refractivity contribution in [2.24, 2.45) is 0 Å². The average Bonchev–Trinajstić information content (AvgIpc) is 2.81. The van der Waals surface area contributed by atoms with Gasteiger partial charge >= 0.3 is 0 Å². The normalized spacial score (nSPS) is 11.2. The molecule has 0 aromatic carbocycles. The highest BCUT2D eigenvalue weighted by atomic mass is 16.3. The van der Waals surface area contributed by atoms with Gasteiger partial charge in [0.1, 0.15) is 17.3 Å². The van der Waals surface area contributed by atoms with Crippen LogP contribution in [0.3, 0.4) is 0 Å². The van der Waals surface area contributed by atoms with Crippen molar-refractivity contribution in [3.05, 3.63) is 27.9 Å². The number of nitrogens with one attached hydrogen (secondary N) is 2. The number of aromatic nitrogens is 4. The van der Waals surface area contributed by atoms with Crippen molar-refractivity contribution in [3.63, 3.8) is 0 Å². The van der Waals surface area contributed by atoms with Gasteiger partial charge in [0.25, 0.3) is 5.56 Å². The molecule has 0 bridgehead atoms. The number of anilines is 1. The van der Waals surface area contributed by atoms with E-state index in [2.05, 4.69) is 19.9 Å². The molecule has 0 saturated heterocycles. The molecule has 0 saturated carbocycles. The van der Waals surface area contributed by atoms with Crippen LogP contribution < -0.4 is 11.3 Å². The van der Waals surface area contributed by atoms with Gasteiger partial charge in [-0.3, -0.25) is 9.78 Å². The van der Waals surface area contributed by atoms with E-state index >= 15 is 0 Å². The number of imidazole rings is 1. The minimum absolute atomic E-state index is 0.0469. The molecular formula is C11H11N5O2. The first kappa shape index (κ1) is 10.6. The summed E-state index contributed by atoms with van der Waals surface area (Å²) in [6.07, 6.45) is 0. The van der Waals surface area contributed by atoms with Crippen molar-refractivity contribution in [1.82, 2.24) is 19.9 Å². The second kappa shape index (κ2) is 3.46. The maximum Gasteiger partial charge on any atom is 0.278 e. The Morgan fingerprint density at radius 3 is 2.72 bits per heavy atom. The lowest BCUT2D eigenvalue weighted by atomic mass is 10.2. The summed E-state index contributed by atoms with van der Waals surface area (Å²) in [4.78, 5) is 25.2. The number of rotatable bonds is 1. The zero-order valence-corrected chi connectivity index (χ0v) is 9.87. The second-order valence-electron chi connectivity index (χ2n) is 4.06. The van der Waals surface area contributed by atoms with E-state index in [1.165, 1.54) is 0 Å². The number of H-pyrrole nitrogens is 2. The molecule has 18 heavy (non-hydrogen) atoms. The van der Waals surface area contributed by atoms with E-state index < -0.39 is 0 Å². The predicted octanol–water partition coefficient (Wildman–Crippen LogP) is 1.11. The molecular weight excluding hydrogens is 234 g/mol. The lowest BCUT2D eigenvalue weighted by Gasteiger charge is -1.90. The van der Waals surface area contributed by atoms with Crippen LogP contribution >= 0.6 is 0 Å². The molecule has 0 spiro atoms. The van der Waals surface area contributed by atoms with Gasteiger partial charge in [0.15, 0.2) is 11.2 Å². The van der Waals surface area contributed by atoms with Gasteiger partial charge in [-0.05, 0) is 19.9 Å². The van der Waals surface area contributed by atoms with E-state index in [0.29, 0.717) is 17.0 Å². The number of nitrogens with zero attached hydrogens (tertiary/aromatic N) is 2. The van der Waals surface area contributed by atoms with Crippen molar-refractivity contribution in [3.8, 4) is 11.4 Å². The zero-order chi connectivity index (χ0) is 12.9. The maximum atomic E-state index is 11.7. The monoisotopic (exact) mass is 245 g/mol. The molecule has 0 amide bonds. The molecule has 0 unspecified atom stereocenters. The smallest absolute Gasteiger partial charge is 0.278 e. The molecule has 7 heteroatoms. The highest BCUT2D eigenvalue weighted by Crippen LogP contribution is 2.24. The van der Waals surface area contributed by atoms with Crippen molar-refractivity contribution in [2.45, 2.75) is 13.8 Å². The Morgan fingerprint density at radius 1 is 1.28 bits per heavy atom. The molecule has 92 valence electrons.